The number of carbonyl (C=O) groups excluding carboxylic acids is 1. The van der Waals surface area contributed by atoms with Crippen LogP contribution in [0.2, 0.25) is 0 Å². The fourth-order valence-corrected chi connectivity index (χ4v) is 4.65. The van der Waals surface area contributed by atoms with E-state index in [0.29, 0.717) is 18.0 Å². The van der Waals surface area contributed by atoms with E-state index in [4.69, 9.17) is 4.74 Å². The van der Waals surface area contributed by atoms with Gasteiger partial charge in [-0.25, -0.2) is 4.79 Å². The van der Waals surface area contributed by atoms with Crippen LogP contribution in [0.5, 0.6) is 0 Å². The topological polar surface area (TPSA) is 53.6 Å². The van der Waals surface area contributed by atoms with Crippen LogP contribution in [0.3, 0.4) is 0 Å². The van der Waals surface area contributed by atoms with Crippen molar-refractivity contribution in [3.05, 3.63) is 0 Å². The van der Waals surface area contributed by atoms with Gasteiger partial charge in [-0.3, -0.25) is 0 Å². The Kier molecular flexibility index (Phi) is 3.15. The summed E-state index contributed by atoms with van der Waals surface area (Å²) in [6.07, 6.45) is 6.98. The Morgan fingerprint density at radius 1 is 1.15 bits per heavy atom. The average molecular weight is 279 g/mol. The second-order valence-electron chi connectivity index (χ2n) is 7.19. The normalized spacial score (nSPS) is 41.4. The van der Waals surface area contributed by atoms with E-state index in [0.717, 1.165) is 52.0 Å². The maximum atomic E-state index is 12.3. The maximum Gasteiger partial charge on any atom is 0.317 e. The zero-order chi connectivity index (χ0) is 13.6. The monoisotopic (exact) mass is 279 g/mol. The molecule has 4 saturated heterocycles. The molecule has 4 aliphatic rings. The van der Waals surface area contributed by atoms with Crippen molar-refractivity contribution in [2.75, 3.05) is 26.3 Å². The molecule has 4 aliphatic heterocycles. The summed E-state index contributed by atoms with van der Waals surface area (Å²) in [6.45, 7) is 3.55. The maximum absolute atomic E-state index is 12.3. The molecule has 0 aromatic heterocycles. The van der Waals surface area contributed by atoms with Crippen LogP contribution in [0.25, 0.3) is 0 Å². The number of rotatable bonds is 2. The van der Waals surface area contributed by atoms with Crippen molar-refractivity contribution in [3.8, 4) is 0 Å². The van der Waals surface area contributed by atoms with E-state index in [9.17, 15) is 4.79 Å². The molecule has 20 heavy (non-hydrogen) atoms. The Morgan fingerprint density at radius 2 is 1.85 bits per heavy atom. The molecular weight excluding hydrogens is 254 g/mol. The van der Waals surface area contributed by atoms with Gasteiger partial charge in [0.05, 0.1) is 5.54 Å². The van der Waals surface area contributed by atoms with Crippen molar-refractivity contribution < 1.29 is 9.53 Å². The second-order valence-corrected chi connectivity index (χ2v) is 7.19. The first kappa shape index (κ1) is 12.9. The van der Waals surface area contributed by atoms with Crippen molar-refractivity contribution in [2.24, 2.45) is 5.92 Å². The van der Waals surface area contributed by atoms with Crippen LogP contribution in [0.15, 0.2) is 0 Å². The summed E-state index contributed by atoms with van der Waals surface area (Å²) in [5, 5.41) is 6.99. The number of urea groups is 1. The second kappa shape index (κ2) is 4.88. The molecule has 1 spiro atoms. The third-order valence-corrected chi connectivity index (χ3v) is 5.58. The highest BCUT2D eigenvalue weighted by Crippen LogP contribution is 2.37. The molecule has 4 fully saturated rings. The van der Waals surface area contributed by atoms with E-state index in [1.165, 1.54) is 12.8 Å². The Bertz CT molecular complexity index is 383. The molecule has 0 aliphatic carbocycles. The number of piperidine rings is 1. The highest BCUT2D eigenvalue weighted by Gasteiger charge is 2.50. The SMILES string of the molecule is O=C1NC2(CC3CCC(C2)N3)CN1CC1CCOCC1. The zero-order valence-electron chi connectivity index (χ0n) is 12.1. The zero-order valence-corrected chi connectivity index (χ0v) is 12.1. The Labute approximate surface area is 120 Å². The fourth-order valence-electron chi connectivity index (χ4n) is 4.65. The molecule has 0 aromatic rings. The summed E-state index contributed by atoms with van der Waals surface area (Å²) in [5.41, 5.74) is 0.0549. The number of carbonyl (C=O) groups is 1. The predicted molar refractivity (Wildman–Crippen MR) is 75.6 cm³/mol. The van der Waals surface area contributed by atoms with Crippen molar-refractivity contribution >= 4 is 6.03 Å². The van der Waals surface area contributed by atoms with Crippen molar-refractivity contribution in [1.29, 1.82) is 0 Å². The molecule has 0 radical (unpaired) electrons. The van der Waals surface area contributed by atoms with E-state index < -0.39 is 0 Å². The molecule has 4 rings (SSSR count). The lowest BCUT2D eigenvalue weighted by Gasteiger charge is -2.38. The molecule has 5 nitrogen and oxygen atoms in total. The number of hydrogen-bond acceptors (Lipinski definition) is 3. The first-order chi connectivity index (χ1) is 9.72. The van der Waals surface area contributed by atoms with E-state index in [2.05, 4.69) is 15.5 Å². The van der Waals surface area contributed by atoms with Gasteiger partial charge in [0.2, 0.25) is 0 Å². The Hall–Kier alpha value is -0.810. The van der Waals surface area contributed by atoms with Gasteiger partial charge in [0, 0.05) is 38.4 Å². The summed E-state index contributed by atoms with van der Waals surface area (Å²) in [4.78, 5) is 14.4. The van der Waals surface area contributed by atoms with E-state index in [1.807, 2.05) is 0 Å². The molecule has 0 aromatic carbocycles. The molecular formula is C15H25N3O2. The van der Waals surface area contributed by atoms with Gasteiger partial charge in [-0.15, -0.1) is 0 Å². The van der Waals surface area contributed by atoms with E-state index >= 15 is 0 Å². The highest BCUT2D eigenvalue weighted by molar-refractivity contribution is 5.78. The smallest absolute Gasteiger partial charge is 0.317 e. The summed E-state index contributed by atoms with van der Waals surface area (Å²) in [6, 6.07) is 1.41. The third-order valence-electron chi connectivity index (χ3n) is 5.58. The van der Waals surface area contributed by atoms with Crippen LogP contribution in [-0.2, 0) is 4.74 Å². The fraction of sp³-hybridized carbons (Fsp3) is 0.933. The summed E-state index contributed by atoms with van der Waals surface area (Å²) >= 11 is 0. The van der Waals surface area contributed by atoms with E-state index in [-0.39, 0.29) is 11.6 Å². The van der Waals surface area contributed by atoms with Crippen LogP contribution in [-0.4, -0.2) is 54.9 Å². The van der Waals surface area contributed by atoms with Gasteiger partial charge in [0.1, 0.15) is 0 Å². The molecule has 4 heterocycles. The summed E-state index contributed by atoms with van der Waals surface area (Å²) in [7, 11) is 0. The number of nitrogens with zero attached hydrogens (tertiary/aromatic N) is 1. The highest BCUT2D eigenvalue weighted by atomic mass is 16.5. The standard InChI is InChI=1S/C15H25N3O2/c19-14-17-15(7-12-1-2-13(8-15)16-12)10-18(14)9-11-3-5-20-6-4-11/h11-13,16H,1-10H2,(H,17,19). The van der Waals surface area contributed by atoms with Gasteiger partial charge in [0.25, 0.3) is 0 Å². The number of amides is 2. The first-order valence-corrected chi connectivity index (χ1v) is 8.13. The van der Waals surface area contributed by atoms with Crippen LogP contribution in [0.4, 0.5) is 4.79 Å². The van der Waals surface area contributed by atoms with E-state index in [1.54, 1.807) is 0 Å². The van der Waals surface area contributed by atoms with Crippen LogP contribution < -0.4 is 10.6 Å². The predicted octanol–water partition coefficient (Wildman–Crippen LogP) is 1.09. The minimum atomic E-state index is 0.0549. The molecule has 112 valence electrons. The number of fused-ring (bicyclic) bond motifs is 2. The number of nitrogens with one attached hydrogen (secondary N) is 2. The summed E-state index contributed by atoms with van der Waals surface area (Å²) in [5.74, 6) is 0.628. The molecule has 2 N–H and O–H groups in total. The molecule has 2 unspecified atom stereocenters. The first-order valence-electron chi connectivity index (χ1n) is 8.13. The quantitative estimate of drug-likeness (QED) is 0.795. The molecule has 5 heteroatoms. The lowest BCUT2D eigenvalue weighted by molar-refractivity contribution is 0.0571. The minimum Gasteiger partial charge on any atom is -0.381 e. The lowest BCUT2D eigenvalue weighted by atomic mass is 9.84. The van der Waals surface area contributed by atoms with Gasteiger partial charge < -0.3 is 20.3 Å². The van der Waals surface area contributed by atoms with Gasteiger partial charge in [0.15, 0.2) is 0 Å². The molecule has 2 atom stereocenters. The van der Waals surface area contributed by atoms with Crippen LogP contribution >= 0.6 is 0 Å². The minimum absolute atomic E-state index is 0.0549. The number of hydrogen-bond donors (Lipinski definition) is 2. The van der Waals surface area contributed by atoms with Crippen LogP contribution in [0.1, 0.15) is 38.5 Å². The van der Waals surface area contributed by atoms with Gasteiger partial charge in [-0.2, -0.15) is 0 Å². The van der Waals surface area contributed by atoms with Crippen molar-refractivity contribution in [2.45, 2.75) is 56.1 Å². The molecule has 2 bridgehead atoms. The largest absolute Gasteiger partial charge is 0.381 e. The van der Waals surface area contributed by atoms with Crippen molar-refractivity contribution in [1.82, 2.24) is 15.5 Å². The van der Waals surface area contributed by atoms with Gasteiger partial charge in [-0.1, -0.05) is 0 Å². The van der Waals surface area contributed by atoms with Gasteiger partial charge >= 0.3 is 6.03 Å². The van der Waals surface area contributed by atoms with Crippen molar-refractivity contribution in [3.63, 3.8) is 0 Å². The Morgan fingerprint density at radius 3 is 2.55 bits per heavy atom. The average Bonchev–Trinajstić information content (AvgIpc) is 2.92. The molecule has 2 amide bonds. The lowest BCUT2D eigenvalue weighted by Crippen LogP contribution is -2.55. The summed E-state index contributed by atoms with van der Waals surface area (Å²) < 4.78 is 5.41. The van der Waals surface area contributed by atoms with Crippen LogP contribution in [0, 0.1) is 5.92 Å². The van der Waals surface area contributed by atoms with Gasteiger partial charge in [-0.05, 0) is 44.4 Å². The molecule has 0 saturated carbocycles. The Balaban J connectivity index is 1.41. The third kappa shape index (κ3) is 2.31. The number of ether oxygens (including phenoxy) is 1.